The van der Waals surface area contributed by atoms with Gasteiger partial charge in [0.25, 0.3) is 5.91 Å². The van der Waals surface area contributed by atoms with Crippen molar-refractivity contribution >= 4 is 52.0 Å². The Balaban J connectivity index is 1.60. The predicted molar refractivity (Wildman–Crippen MR) is 122 cm³/mol. The number of hydrogen-bond acceptors (Lipinski definition) is 7. The van der Waals surface area contributed by atoms with Gasteiger partial charge >= 0.3 is 0 Å². The van der Waals surface area contributed by atoms with E-state index in [1.807, 2.05) is 25.2 Å². The lowest BCUT2D eigenvalue weighted by Gasteiger charge is -2.14. The Hall–Kier alpha value is -4.11. The van der Waals surface area contributed by atoms with Gasteiger partial charge in [0.1, 0.15) is 5.02 Å². The number of nitrogens with one attached hydrogen (secondary N) is 3. The normalized spacial score (nSPS) is 10.5. The number of anilines is 6. The molecule has 2 aromatic heterocycles. The Kier molecular flexibility index (Phi) is 5.67. The lowest BCUT2D eigenvalue weighted by Crippen LogP contribution is -2.14. The summed E-state index contributed by atoms with van der Waals surface area (Å²) in [7, 11) is 1.81. The van der Waals surface area contributed by atoms with Gasteiger partial charge in [0.05, 0.1) is 29.3 Å². The molecule has 156 valence electrons. The van der Waals surface area contributed by atoms with Crippen LogP contribution in [0.15, 0.2) is 67.1 Å². The highest BCUT2D eigenvalue weighted by atomic mass is 35.5. The van der Waals surface area contributed by atoms with Crippen molar-refractivity contribution in [3.8, 4) is 0 Å². The summed E-state index contributed by atoms with van der Waals surface area (Å²) >= 11 is 6.29. The molecule has 31 heavy (non-hydrogen) atoms. The molecule has 0 saturated carbocycles. The maximum atomic E-state index is 12.9. The number of carbonyl (C=O) groups excluding carboxylic acids is 1. The van der Waals surface area contributed by atoms with E-state index in [4.69, 9.17) is 17.3 Å². The third-order valence-electron chi connectivity index (χ3n) is 4.28. The topological polar surface area (TPSA) is 123 Å². The number of nitrogens with two attached hydrogens (primary N) is 1. The van der Waals surface area contributed by atoms with Gasteiger partial charge < -0.3 is 21.7 Å². The maximum absolute atomic E-state index is 12.9. The molecule has 0 spiro atoms. The van der Waals surface area contributed by atoms with E-state index in [0.29, 0.717) is 34.4 Å². The predicted octanol–water partition coefficient (Wildman–Crippen LogP) is 4.19. The summed E-state index contributed by atoms with van der Waals surface area (Å²) in [5, 5.41) is 13.4. The number of aromatic nitrogens is 4. The number of aryl methyl sites for hydroxylation is 1. The summed E-state index contributed by atoms with van der Waals surface area (Å²) in [4.78, 5) is 21.4. The largest absolute Gasteiger partial charge is 0.399 e. The van der Waals surface area contributed by atoms with Crippen molar-refractivity contribution in [2.24, 2.45) is 7.05 Å². The lowest BCUT2D eigenvalue weighted by molar-refractivity contribution is 0.102. The van der Waals surface area contributed by atoms with Gasteiger partial charge in [-0.2, -0.15) is 10.1 Å². The highest BCUT2D eigenvalue weighted by molar-refractivity contribution is 6.33. The van der Waals surface area contributed by atoms with Crippen LogP contribution in [0.25, 0.3) is 0 Å². The summed E-state index contributed by atoms with van der Waals surface area (Å²) in [6.45, 7) is 0. The number of benzene rings is 2. The molecule has 5 N–H and O–H groups in total. The van der Waals surface area contributed by atoms with Crippen LogP contribution in [0.3, 0.4) is 0 Å². The monoisotopic (exact) mass is 434 g/mol. The summed E-state index contributed by atoms with van der Waals surface area (Å²) in [5.41, 5.74) is 8.68. The first kappa shape index (κ1) is 20.2. The summed E-state index contributed by atoms with van der Waals surface area (Å²) in [5.74, 6) is 0.342. The Labute approximate surface area is 183 Å². The molecule has 4 rings (SSSR count). The van der Waals surface area contributed by atoms with Gasteiger partial charge in [0.15, 0.2) is 5.82 Å². The number of para-hydroxylation sites is 1. The van der Waals surface area contributed by atoms with Crippen LogP contribution in [-0.2, 0) is 7.05 Å². The molecular weight excluding hydrogens is 416 g/mol. The van der Waals surface area contributed by atoms with E-state index in [1.165, 1.54) is 6.20 Å². The molecule has 0 bridgehead atoms. The third-order valence-corrected chi connectivity index (χ3v) is 4.55. The van der Waals surface area contributed by atoms with Crippen molar-refractivity contribution in [3.05, 3.63) is 77.7 Å². The number of nitrogen functional groups attached to an aromatic ring is 1. The number of hydrogen-bond donors (Lipinski definition) is 4. The molecule has 2 aromatic carbocycles. The van der Waals surface area contributed by atoms with Crippen molar-refractivity contribution in [3.63, 3.8) is 0 Å². The summed E-state index contributed by atoms with van der Waals surface area (Å²) in [6, 6.07) is 14.1. The van der Waals surface area contributed by atoms with Crippen LogP contribution in [0.1, 0.15) is 10.4 Å². The second-order valence-electron chi connectivity index (χ2n) is 6.67. The minimum atomic E-state index is -0.299. The molecule has 0 aliphatic rings. The zero-order chi connectivity index (χ0) is 21.8. The van der Waals surface area contributed by atoms with Gasteiger partial charge in [-0.3, -0.25) is 9.48 Å². The van der Waals surface area contributed by atoms with Gasteiger partial charge in [0.2, 0.25) is 5.95 Å². The SMILES string of the molecule is Cn1cc(Nc2ncc(Cl)c(Nc3cc(N)ccc3C(=O)Nc3ccccc3)n2)cn1. The van der Waals surface area contributed by atoms with Gasteiger partial charge in [-0.05, 0) is 30.3 Å². The van der Waals surface area contributed by atoms with Gasteiger partial charge in [-0.1, -0.05) is 29.8 Å². The third kappa shape index (κ3) is 4.90. The molecule has 1 amide bonds. The van der Waals surface area contributed by atoms with Crippen LogP contribution < -0.4 is 21.7 Å². The van der Waals surface area contributed by atoms with Crippen molar-refractivity contribution < 1.29 is 4.79 Å². The minimum absolute atomic E-state index is 0.286. The fourth-order valence-corrected chi connectivity index (χ4v) is 2.98. The molecule has 0 saturated heterocycles. The molecule has 4 aromatic rings. The molecular formula is C21H19ClN8O. The lowest BCUT2D eigenvalue weighted by atomic mass is 10.1. The Morgan fingerprint density at radius 2 is 1.87 bits per heavy atom. The van der Waals surface area contributed by atoms with Crippen LogP contribution in [0.2, 0.25) is 5.02 Å². The number of halogens is 1. The van der Waals surface area contributed by atoms with E-state index in [0.717, 1.165) is 5.69 Å². The molecule has 0 aliphatic heterocycles. The molecule has 10 heteroatoms. The first-order chi connectivity index (χ1) is 15.0. The number of amides is 1. The van der Waals surface area contributed by atoms with E-state index in [1.54, 1.807) is 47.4 Å². The molecule has 2 heterocycles. The second kappa shape index (κ2) is 8.72. The first-order valence-corrected chi connectivity index (χ1v) is 9.67. The number of rotatable bonds is 6. The fraction of sp³-hybridized carbons (Fsp3) is 0.0476. The van der Waals surface area contributed by atoms with Gasteiger partial charge in [0, 0.05) is 24.6 Å². The van der Waals surface area contributed by atoms with E-state index in [2.05, 4.69) is 31.0 Å². The Morgan fingerprint density at radius 3 is 2.61 bits per heavy atom. The molecule has 0 unspecified atom stereocenters. The Bertz CT molecular complexity index is 1230. The molecule has 0 fully saturated rings. The molecule has 0 radical (unpaired) electrons. The first-order valence-electron chi connectivity index (χ1n) is 9.29. The van der Waals surface area contributed by atoms with Crippen LogP contribution in [-0.4, -0.2) is 25.7 Å². The van der Waals surface area contributed by atoms with Crippen LogP contribution in [0.4, 0.5) is 34.5 Å². The minimum Gasteiger partial charge on any atom is -0.399 e. The van der Waals surface area contributed by atoms with E-state index in [-0.39, 0.29) is 10.9 Å². The van der Waals surface area contributed by atoms with Crippen LogP contribution >= 0.6 is 11.6 Å². The van der Waals surface area contributed by atoms with E-state index < -0.39 is 0 Å². The van der Waals surface area contributed by atoms with E-state index in [9.17, 15) is 4.79 Å². The summed E-state index contributed by atoms with van der Waals surface area (Å²) < 4.78 is 1.65. The van der Waals surface area contributed by atoms with Crippen LogP contribution in [0, 0.1) is 0 Å². The number of carbonyl (C=O) groups is 1. The molecule has 9 nitrogen and oxygen atoms in total. The number of nitrogens with zero attached hydrogens (tertiary/aromatic N) is 4. The van der Waals surface area contributed by atoms with Crippen LogP contribution in [0.5, 0.6) is 0 Å². The highest BCUT2D eigenvalue weighted by Crippen LogP contribution is 2.28. The standard InChI is InChI=1S/C21H19ClN8O/c1-30-12-15(10-25-30)27-21-24-11-17(22)19(29-21)28-18-9-13(23)7-8-16(18)20(31)26-14-5-3-2-4-6-14/h2-12H,23H2,1H3,(H,26,31)(H2,24,27,28,29). The Morgan fingerprint density at radius 1 is 1.06 bits per heavy atom. The fourth-order valence-electron chi connectivity index (χ4n) is 2.84. The quantitative estimate of drug-likeness (QED) is 0.335. The zero-order valence-corrected chi connectivity index (χ0v) is 17.3. The maximum Gasteiger partial charge on any atom is 0.257 e. The smallest absolute Gasteiger partial charge is 0.257 e. The molecule has 0 atom stereocenters. The van der Waals surface area contributed by atoms with E-state index >= 15 is 0 Å². The van der Waals surface area contributed by atoms with Gasteiger partial charge in [-0.15, -0.1) is 0 Å². The molecule has 0 aliphatic carbocycles. The second-order valence-corrected chi connectivity index (χ2v) is 7.08. The van der Waals surface area contributed by atoms with Crippen molar-refractivity contribution in [2.75, 3.05) is 21.7 Å². The zero-order valence-electron chi connectivity index (χ0n) is 16.5. The average Bonchev–Trinajstić information content (AvgIpc) is 3.16. The highest BCUT2D eigenvalue weighted by Gasteiger charge is 2.15. The average molecular weight is 435 g/mol. The van der Waals surface area contributed by atoms with Crippen molar-refractivity contribution in [2.45, 2.75) is 0 Å². The van der Waals surface area contributed by atoms with Crippen molar-refractivity contribution in [1.29, 1.82) is 0 Å². The van der Waals surface area contributed by atoms with Crippen molar-refractivity contribution in [1.82, 2.24) is 19.7 Å². The van der Waals surface area contributed by atoms with Gasteiger partial charge in [-0.25, -0.2) is 4.98 Å². The summed E-state index contributed by atoms with van der Waals surface area (Å²) in [6.07, 6.45) is 4.90.